The van der Waals surface area contributed by atoms with Crippen LogP contribution in [0.3, 0.4) is 0 Å². The first-order valence-corrected chi connectivity index (χ1v) is 9.57. The van der Waals surface area contributed by atoms with Crippen LogP contribution >= 0.6 is 0 Å². The number of amides is 1. The van der Waals surface area contributed by atoms with Crippen molar-refractivity contribution in [3.8, 4) is 0 Å². The van der Waals surface area contributed by atoms with Gasteiger partial charge in [-0.25, -0.2) is 0 Å². The van der Waals surface area contributed by atoms with Crippen molar-refractivity contribution in [2.45, 2.75) is 45.1 Å². The molecule has 1 amide bonds. The molecule has 3 rings (SSSR count). The third-order valence-corrected chi connectivity index (χ3v) is 5.26. The standard InChI is InChI=1S/C21H30N2O3/c1-21(2,3)17-8-6-15(7-9-17)19(24)5-4-10-23-11-16-13-26-14-18(12-23)22-20(16)25/h6-9,16,18H,4-5,10-14H2,1-3H3,(H,22,25)/t16-,18+/m1/s1. The maximum Gasteiger partial charge on any atom is 0.227 e. The van der Waals surface area contributed by atoms with Gasteiger partial charge in [0.15, 0.2) is 5.78 Å². The van der Waals surface area contributed by atoms with E-state index in [1.54, 1.807) is 0 Å². The predicted octanol–water partition coefficient (Wildman–Crippen LogP) is 2.39. The molecule has 0 spiro atoms. The van der Waals surface area contributed by atoms with Crippen molar-refractivity contribution >= 4 is 11.7 Å². The van der Waals surface area contributed by atoms with E-state index in [1.807, 2.05) is 12.1 Å². The number of carbonyl (C=O) groups is 2. The van der Waals surface area contributed by atoms with Gasteiger partial charge in [-0.3, -0.25) is 9.59 Å². The molecule has 2 aliphatic rings. The molecule has 2 fully saturated rings. The number of hydrogen-bond acceptors (Lipinski definition) is 4. The van der Waals surface area contributed by atoms with Gasteiger partial charge in [0, 0.05) is 25.1 Å². The third-order valence-electron chi connectivity index (χ3n) is 5.26. The molecule has 1 N–H and O–H groups in total. The van der Waals surface area contributed by atoms with Gasteiger partial charge in [0.1, 0.15) is 0 Å². The molecule has 2 heterocycles. The quantitative estimate of drug-likeness (QED) is 0.821. The molecule has 2 atom stereocenters. The van der Waals surface area contributed by atoms with Crippen molar-refractivity contribution in [2.75, 3.05) is 32.8 Å². The van der Waals surface area contributed by atoms with Gasteiger partial charge in [0.05, 0.1) is 25.2 Å². The molecule has 1 aromatic carbocycles. The molecular weight excluding hydrogens is 328 g/mol. The van der Waals surface area contributed by atoms with E-state index >= 15 is 0 Å². The van der Waals surface area contributed by atoms with Crippen LogP contribution in [0.5, 0.6) is 0 Å². The summed E-state index contributed by atoms with van der Waals surface area (Å²) >= 11 is 0. The van der Waals surface area contributed by atoms with E-state index in [4.69, 9.17) is 4.74 Å². The fraction of sp³-hybridized carbons (Fsp3) is 0.619. The van der Waals surface area contributed by atoms with Crippen molar-refractivity contribution in [3.05, 3.63) is 35.4 Å². The van der Waals surface area contributed by atoms with Gasteiger partial charge in [-0.1, -0.05) is 45.0 Å². The Morgan fingerprint density at radius 3 is 2.62 bits per heavy atom. The van der Waals surface area contributed by atoms with Gasteiger partial charge < -0.3 is 15.0 Å². The highest BCUT2D eigenvalue weighted by atomic mass is 16.5. The van der Waals surface area contributed by atoms with E-state index < -0.39 is 0 Å². The van der Waals surface area contributed by atoms with Gasteiger partial charge in [-0.2, -0.15) is 0 Å². The number of ether oxygens (including phenoxy) is 1. The first-order valence-electron chi connectivity index (χ1n) is 9.57. The minimum Gasteiger partial charge on any atom is -0.378 e. The van der Waals surface area contributed by atoms with E-state index in [0.717, 1.165) is 31.6 Å². The second-order valence-corrected chi connectivity index (χ2v) is 8.55. The summed E-state index contributed by atoms with van der Waals surface area (Å²) in [5, 5.41) is 3.04. The van der Waals surface area contributed by atoms with Crippen LogP contribution < -0.4 is 5.32 Å². The second-order valence-electron chi connectivity index (χ2n) is 8.55. The van der Waals surface area contributed by atoms with Crippen LogP contribution in [0.4, 0.5) is 0 Å². The smallest absolute Gasteiger partial charge is 0.227 e. The molecule has 0 aromatic heterocycles. The molecule has 0 aliphatic carbocycles. The fourth-order valence-corrected chi connectivity index (χ4v) is 3.67. The largest absolute Gasteiger partial charge is 0.378 e. The molecule has 0 radical (unpaired) electrons. The van der Waals surface area contributed by atoms with Crippen molar-refractivity contribution in [1.82, 2.24) is 10.2 Å². The summed E-state index contributed by atoms with van der Waals surface area (Å²) in [5.74, 6) is 0.200. The van der Waals surface area contributed by atoms with E-state index in [-0.39, 0.29) is 29.1 Å². The topological polar surface area (TPSA) is 58.6 Å². The Balaban J connectivity index is 1.50. The van der Waals surface area contributed by atoms with E-state index in [9.17, 15) is 9.59 Å². The molecule has 0 unspecified atom stereocenters. The van der Waals surface area contributed by atoms with Crippen molar-refractivity contribution in [2.24, 2.45) is 5.92 Å². The lowest BCUT2D eigenvalue weighted by Crippen LogP contribution is -2.42. The number of hydrogen-bond donors (Lipinski definition) is 1. The first-order chi connectivity index (χ1) is 12.3. The molecule has 26 heavy (non-hydrogen) atoms. The molecule has 2 saturated heterocycles. The number of nitrogens with one attached hydrogen (secondary N) is 1. The summed E-state index contributed by atoms with van der Waals surface area (Å²) in [6.45, 7) is 9.96. The van der Waals surface area contributed by atoms with Gasteiger partial charge in [0.25, 0.3) is 0 Å². The number of carbonyl (C=O) groups excluding carboxylic acids is 2. The minimum absolute atomic E-state index is 0.0654. The van der Waals surface area contributed by atoms with E-state index in [1.165, 1.54) is 5.56 Å². The summed E-state index contributed by atoms with van der Waals surface area (Å²) in [5.41, 5.74) is 2.13. The van der Waals surface area contributed by atoms with Crippen LogP contribution in [0.15, 0.2) is 24.3 Å². The average molecular weight is 358 g/mol. The minimum atomic E-state index is -0.0943. The van der Waals surface area contributed by atoms with Crippen LogP contribution in [0.25, 0.3) is 0 Å². The zero-order valence-electron chi connectivity index (χ0n) is 16.1. The van der Waals surface area contributed by atoms with Crippen molar-refractivity contribution in [1.29, 1.82) is 0 Å². The van der Waals surface area contributed by atoms with Gasteiger partial charge in [-0.15, -0.1) is 0 Å². The maximum atomic E-state index is 12.5. The lowest BCUT2D eigenvalue weighted by molar-refractivity contribution is -0.125. The molecule has 1 aromatic rings. The fourth-order valence-electron chi connectivity index (χ4n) is 3.67. The van der Waals surface area contributed by atoms with Crippen molar-refractivity contribution < 1.29 is 14.3 Å². The third kappa shape index (κ3) is 4.71. The van der Waals surface area contributed by atoms with Crippen molar-refractivity contribution in [3.63, 3.8) is 0 Å². The zero-order valence-corrected chi connectivity index (χ0v) is 16.1. The zero-order chi connectivity index (χ0) is 18.7. The molecule has 2 aliphatic heterocycles. The lowest BCUT2D eigenvalue weighted by atomic mass is 9.86. The Morgan fingerprint density at radius 1 is 1.19 bits per heavy atom. The number of Topliss-reactive ketones (excluding diaryl/α,β-unsaturated/α-hetero) is 1. The SMILES string of the molecule is CC(C)(C)c1ccc(C(=O)CCCN2C[C@H]3COC[C@@H](C2)C(=O)N3)cc1. The van der Waals surface area contributed by atoms with Crippen LogP contribution in [-0.4, -0.2) is 55.5 Å². The number of benzene rings is 1. The summed E-state index contributed by atoms with van der Waals surface area (Å²) in [4.78, 5) is 26.8. The normalized spacial score (nSPS) is 24.0. The van der Waals surface area contributed by atoms with Gasteiger partial charge in [-0.05, 0) is 23.9 Å². The summed E-state index contributed by atoms with van der Waals surface area (Å²) in [7, 11) is 0. The van der Waals surface area contributed by atoms with E-state index in [0.29, 0.717) is 19.6 Å². The summed E-state index contributed by atoms with van der Waals surface area (Å²) in [6.07, 6.45) is 1.35. The number of ketones is 1. The van der Waals surface area contributed by atoms with Crippen LogP contribution in [0.2, 0.25) is 0 Å². The predicted molar refractivity (Wildman–Crippen MR) is 101 cm³/mol. The average Bonchev–Trinajstić information content (AvgIpc) is 2.82. The van der Waals surface area contributed by atoms with Crippen LogP contribution in [0, 0.1) is 5.92 Å². The Labute approximate surface area is 156 Å². The Kier molecular flexibility index (Phi) is 5.78. The van der Waals surface area contributed by atoms with Crippen LogP contribution in [0.1, 0.15) is 49.5 Å². The highest BCUT2D eigenvalue weighted by Crippen LogP contribution is 2.22. The Bertz CT molecular complexity index is 648. The Hall–Kier alpha value is -1.72. The molecule has 2 bridgehead atoms. The summed E-state index contributed by atoms with van der Waals surface area (Å²) in [6, 6.07) is 8.06. The molecule has 5 heteroatoms. The summed E-state index contributed by atoms with van der Waals surface area (Å²) < 4.78 is 5.55. The monoisotopic (exact) mass is 358 g/mol. The van der Waals surface area contributed by atoms with Crippen LogP contribution in [-0.2, 0) is 14.9 Å². The van der Waals surface area contributed by atoms with Gasteiger partial charge >= 0.3 is 0 Å². The molecule has 142 valence electrons. The highest BCUT2D eigenvalue weighted by molar-refractivity contribution is 5.96. The first kappa shape index (κ1) is 19.1. The number of nitrogens with zero attached hydrogens (tertiary/aromatic N) is 1. The highest BCUT2D eigenvalue weighted by Gasteiger charge is 2.32. The molecular formula is C21H30N2O3. The lowest BCUT2D eigenvalue weighted by Gasteiger charge is -2.27. The second kappa shape index (κ2) is 7.89. The maximum absolute atomic E-state index is 12.5. The molecule has 5 nitrogen and oxygen atoms in total. The Morgan fingerprint density at radius 2 is 1.92 bits per heavy atom. The number of rotatable bonds is 5. The molecule has 0 saturated carbocycles. The number of fused-ring (bicyclic) bond motifs is 3. The van der Waals surface area contributed by atoms with Gasteiger partial charge in [0.2, 0.25) is 5.91 Å². The van der Waals surface area contributed by atoms with E-state index in [2.05, 4.69) is 43.1 Å².